The molecular weight excluding hydrogens is 294 g/mol. The fourth-order valence-electron chi connectivity index (χ4n) is 3.04. The molecule has 3 amide bonds. The Balaban J connectivity index is 1.72. The number of fused-ring (bicyclic) bond motifs is 3. The summed E-state index contributed by atoms with van der Waals surface area (Å²) in [5, 5.41) is 0. The topological polar surface area (TPSA) is 72.6 Å². The summed E-state index contributed by atoms with van der Waals surface area (Å²) in [7, 11) is 1.65. The molecule has 0 radical (unpaired) electrons. The van der Waals surface area contributed by atoms with Crippen LogP contribution in [0.4, 0.5) is 10.7 Å². The summed E-state index contributed by atoms with van der Waals surface area (Å²) in [5.74, 6) is 0.811. The highest BCUT2D eigenvalue weighted by Gasteiger charge is 2.52. The third kappa shape index (κ3) is 1.97. The molecule has 1 N–H and O–H groups in total. The normalized spacial score (nSPS) is 19.7. The number of nitrogens with zero attached hydrogens (tertiary/aromatic N) is 4. The number of aromatic nitrogens is 2. The predicted octanol–water partition coefficient (Wildman–Crippen LogP) is 1.29. The molecule has 3 heterocycles. The van der Waals surface area contributed by atoms with Gasteiger partial charge in [0.2, 0.25) is 11.9 Å². The second-order valence-electron chi connectivity index (χ2n) is 5.79. The van der Waals surface area contributed by atoms with Crippen LogP contribution < -0.4 is 4.57 Å². The molecule has 0 saturated carbocycles. The predicted molar refractivity (Wildman–Crippen MR) is 82.0 cm³/mol. The Bertz CT molecular complexity index is 839. The maximum Gasteiger partial charge on any atom is 0.399 e. The Morgan fingerprint density at radius 2 is 2.00 bits per heavy atom. The van der Waals surface area contributed by atoms with Gasteiger partial charge in [0, 0.05) is 7.05 Å². The Labute approximate surface area is 132 Å². The van der Waals surface area contributed by atoms with Gasteiger partial charge in [-0.05, 0) is 12.5 Å². The molecule has 2 aromatic rings. The van der Waals surface area contributed by atoms with Gasteiger partial charge in [-0.3, -0.25) is 14.6 Å². The number of carbonyl (C=O) groups excluding carboxylic acids is 2. The van der Waals surface area contributed by atoms with Crippen molar-refractivity contribution in [3.05, 3.63) is 47.8 Å². The molecule has 7 nitrogen and oxygen atoms in total. The number of aliphatic imine (C=N–C) groups is 1. The SMILES string of the molecule is Cc1c[n+]2c([nH]1)N=C1C2C(=O)N(Cc2ccccc2)C(=O)N1C. The van der Waals surface area contributed by atoms with E-state index in [0.717, 1.165) is 11.3 Å². The average molecular weight is 310 g/mol. The van der Waals surface area contributed by atoms with E-state index in [1.165, 1.54) is 9.80 Å². The molecule has 1 saturated heterocycles. The molecule has 1 aromatic carbocycles. The van der Waals surface area contributed by atoms with Crippen LogP contribution in [0.5, 0.6) is 0 Å². The second kappa shape index (κ2) is 4.77. The molecule has 1 atom stereocenters. The first kappa shape index (κ1) is 13.7. The fraction of sp³-hybridized carbons (Fsp3) is 0.250. The fourth-order valence-corrected chi connectivity index (χ4v) is 3.04. The van der Waals surface area contributed by atoms with Crippen molar-refractivity contribution in [2.45, 2.75) is 19.5 Å². The lowest BCUT2D eigenvalue weighted by atomic mass is 10.1. The molecule has 0 aliphatic carbocycles. The molecule has 1 aromatic heterocycles. The van der Waals surface area contributed by atoms with E-state index in [-0.39, 0.29) is 18.5 Å². The van der Waals surface area contributed by atoms with Gasteiger partial charge >= 0.3 is 12.0 Å². The lowest BCUT2D eigenvalue weighted by Crippen LogP contribution is -2.62. The zero-order chi connectivity index (χ0) is 16.1. The molecule has 0 spiro atoms. The quantitative estimate of drug-likeness (QED) is 0.849. The number of aryl methyl sites for hydroxylation is 1. The number of imidazole rings is 1. The van der Waals surface area contributed by atoms with Crippen LogP contribution in [0.3, 0.4) is 0 Å². The van der Waals surface area contributed by atoms with Crippen molar-refractivity contribution in [2.75, 3.05) is 7.05 Å². The van der Waals surface area contributed by atoms with Crippen molar-refractivity contribution in [3.63, 3.8) is 0 Å². The Kier molecular flexibility index (Phi) is 2.84. The van der Waals surface area contributed by atoms with Crippen LogP contribution in [0.2, 0.25) is 0 Å². The summed E-state index contributed by atoms with van der Waals surface area (Å²) in [6, 6.07) is 8.56. The third-order valence-corrected chi connectivity index (χ3v) is 4.17. The van der Waals surface area contributed by atoms with Crippen LogP contribution >= 0.6 is 0 Å². The van der Waals surface area contributed by atoms with Crippen molar-refractivity contribution in [1.82, 2.24) is 14.8 Å². The zero-order valence-electron chi connectivity index (χ0n) is 12.9. The first-order valence-electron chi connectivity index (χ1n) is 7.38. The highest BCUT2D eigenvalue weighted by atomic mass is 16.2. The Morgan fingerprint density at radius 1 is 1.26 bits per heavy atom. The van der Waals surface area contributed by atoms with Crippen LogP contribution in [0.25, 0.3) is 0 Å². The standard InChI is InChI=1S/C16H15N5O2/c1-10-8-20-12-13(18-15(20)17-10)19(2)16(23)21(14(12)22)9-11-6-4-3-5-7-11/h3-8,12H,9H2,1-2H3/p+1. The van der Waals surface area contributed by atoms with E-state index in [4.69, 9.17) is 0 Å². The minimum atomic E-state index is -0.582. The number of nitrogens with one attached hydrogen (secondary N) is 1. The van der Waals surface area contributed by atoms with E-state index in [0.29, 0.717) is 11.8 Å². The van der Waals surface area contributed by atoms with E-state index in [2.05, 4.69) is 9.98 Å². The molecule has 1 fully saturated rings. The number of likely N-dealkylation sites (N-methyl/N-ethyl adjacent to an activating group) is 1. The summed E-state index contributed by atoms with van der Waals surface area (Å²) in [5.41, 5.74) is 1.83. The van der Waals surface area contributed by atoms with Crippen LogP contribution in [0.1, 0.15) is 17.3 Å². The number of aromatic amines is 1. The minimum Gasteiger partial charge on any atom is -0.270 e. The summed E-state index contributed by atoms with van der Waals surface area (Å²) in [6.45, 7) is 2.16. The van der Waals surface area contributed by atoms with E-state index < -0.39 is 6.04 Å². The summed E-state index contributed by atoms with van der Waals surface area (Å²) in [6.07, 6.45) is 1.85. The number of amides is 3. The summed E-state index contributed by atoms with van der Waals surface area (Å²) in [4.78, 5) is 35.7. The zero-order valence-corrected chi connectivity index (χ0v) is 12.9. The first-order valence-corrected chi connectivity index (χ1v) is 7.38. The monoisotopic (exact) mass is 310 g/mol. The van der Waals surface area contributed by atoms with E-state index in [1.807, 2.05) is 43.5 Å². The number of hydrogen-bond donors (Lipinski definition) is 1. The maximum absolute atomic E-state index is 12.9. The lowest BCUT2D eigenvalue weighted by Gasteiger charge is -2.33. The van der Waals surface area contributed by atoms with Crippen LogP contribution in [-0.2, 0) is 11.3 Å². The first-order chi connectivity index (χ1) is 11.1. The Morgan fingerprint density at radius 3 is 2.74 bits per heavy atom. The van der Waals surface area contributed by atoms with Gasteiger partial charge in [0.15, 0.2) is 0 Å². The van der Waals surface area contributed by atoms with E-state index >= 15 is 0 Å². The van der Waals surface area contributed by atoms with Crippen molar-refractivity contribution in [3.8, 4) is 0 Å². The average Bonchev–Trinajstić information content (AvgIpc) is 3.06. The summed E-state index contributed by atoms with van der Waals surface area (Å²) < 4.78 is 1.79. The van der Waals surface area contributed by atoms with Crippen molar-refractivity contribution in [1.29, 1.82) is 0 Å². The number of urea groups is 1. The highest BCUT2D eigenvalue weighted by Crippen LogP contribution is 2.27. The maximum atomic E-state index is 12.9. The number of hydrogen-bond acceptors (Lipinski definition) is 3. The van der Waals surface area contributed by atoms with Gasteiger partial charge in [0.1, 0.15) is 11.9 Å². The molecule has 2 aliphatic rings. The van der Waals surface area contributed by atoms with Gasteiger partial charge in [-0.2, -0.15) is 0 Å². The van der Waals surface area contributed by atoms with Gasteiger partial charge in [0.25, 0.3) is 5.91 Å². The summed E-state index contributed by atoms with van der Waals surface area (Å²) >= 11 is 0. The molecule has 1 unspecified atom stereocenters. The number of amidine groups is 1. The van der Waals surface area contributed by atoms with Crippen LogP contribution in [0, 0.1) is 6.92 Å². The van der Waals surface area contributed by atoms with Gasteiger partial charge in [-0.1, -0.05) is 35.3 Å². The Hall–Kier alpha value is -2.96. The van der Waals surface area contributed by atoms with E-state index in [9.17, 15) is 9.59 Å². The molecular formula is C16H16N5O2+. The molecule has 23 heavy (non-hydrogen) atoms. The lowest BCUT2D eigenvalue weighted by molar-refractivity contribution is -0.676. The molecule has 7 heteroatoms. The van der Waals surface area contributed by atoms with Gasteiger partial charge < -0.3 is 0 Å². The molecule has 4 rings (SSSR count). The molecule has 116 valence electrons. The van der Waals surface area contributed by atoms with Crippen molar-refractivity contribution < 1.29 is 14.2 Å². The van der Waals surface area contributed by atoms with Gasteiger partial charge in [-0.25, -0.2) is 14.3 Å². The number of carbonyl (C=O) groups is 2. The smallest absolute Gasteiger partial charge is 0.270 e. The minimum absolute atomic E-state index is 0.251. The largest absolute Gasteiger partial charge is 0.399 e. The third-order valence-electron chi connectivity index (χ3n) is 4.17. The second-order valence-corrected chi connectivity index (χ2v) is 5.79. The van der Waals surface area contributed by atoms with Crippen molar-refractivity contribution in [2.24, 2.45) is 4.99 Å². The van der Waals surface area contributed by atoms with Gasteiger partial charge in [-0.15, -0.1) is 0 Å². The number of rotatable bonds is 2. The van der Waals surface area contributed by atoms with E-state index in [1.54, 1.807) is 11.6 Å². The van der Waals surface area contributed by atoms with Crippen molar-refractivity contribution >= 4 is 23.7 Å². The van der Waals surface area contributed by atoms with Gasteiger partial charge in [0.05, 0.1) is 6.54 Å². The number of H-pyrrole nitrogens is 1. The number of imide groups is 1. The molecule has 0 bridgehead atoms. The highest BCUT2D eigenvalue weighted by molar-refractivity contribution is 6.18. The van der Waals surface area contributed by atoms with Crippen LogP contribution in [-0.4, -0.2) is 39.6 Å². The molecule has 2 aliphatic heterocycles. The number of benzene rings is 1. The van der Waals surface area contributed by atoms with Crippen LogP contribution in [0.15, 0.2) is 41.5 Å².